The maximum Gasteiger partial charge on any atom is 0.197 e. The fourth-order valence-electron chi connectivity index (χ4n) is 3.03. The summed E-state index contributed by atoms with van der Waals surface area (Å²) < 4.78 is 27.9. The van der Waals surface area contributed by atoms with Crippen molar-refractivity contribution in [1.82, 2.24) is 24.6 Å². The summed E-state index contributed by atoms with van der Waals surface area (Å²) in [6.45, 7) is 0. The standard InChI is InChI=1S/C16H10ClFN4.C5H5ClFN3/c17-12-8-13(18)16-21-20-15(22(16)9-12)7-10-3-4-14-11(6-10)2-1-5-19-14;6-3-1-4(7)5(10-8)9-2-3/h1-6,8-9H,7H2;1-2H,8H2,(H,9,10). The van der Waals surface area contributed by atoms with Crippen LogP contribution in [0.2, 0.25) is 10.0 Å². The Morgan fingerprint density at radius 3 is 2.56 bits per heavy atom. The number of anilines is 1. The van der Waals surface area contributed by atoms with Crippen LogP contribution in [0.15, 0.2) is 61.1 Å². The van der Waals surface area contributed by atoms with E-state index in [0.717, 1.165) is 22.5 Å². The molecule has 0 fully saturated rings. The third-order valence-corrected chi connectivity index (χ3v) is 4.88. The van der Waals surface area contributed by atoms with E-state index in [1.54, 1.807) is 16.8 Å². The SMILES string of the molecule is Fc1cc(Cl)cn2c(Cc3ccc4ncccc4c3)nnc12.NNc1ncc(Cl)cc1F. The molecular formula is C21H15Cl2F2N7. The summed E-state index contributed by atoms with van der Waals surface area (Å²) in [6.07, 6.45) is 5.22. The molecule has 0 atom stereocenters. The highest BCUT2D eigenvalue weighted by Crippen LogP contribution is 2.19. The highest BCUT2D eigenvalue weighted by molar-refractivity contribution is 6.30. The Morgan fingerprint density at radius 1 is 0.969 bits per heavy atom. The van der Waals surface area contributed by atoms with Crippen LogP contribution in [0.1, 0.15) is 11.4 Å². The van der Waals surface area contributed by atoms with Gasteiger partial charge in [-0.15, -0.1) is 10.2 Å². The average molecular weight is 474 g/mol. The predicted molar refractivity (Wildman–Crippen MR) is 120 cm³/mol. The third kappa shape index (κ3) is 4.75. The van der Waals surface area contributed by atoms with Gasteiger partial charge in [0.15, 0.2) is 23.1 Å². The van der Waals surface area contributed by atoms with E-state index >= 15 is 0 Å². The Morgan fingerprint density at radius 2 is 1.78 bits per heavy atom. The number of hydrazine groups is 1. The van der Waals surface area contributed by atoms with E-state index in [1.165, 1.54) is 12.3 Å². The monoisotopic (exact) mass is 473 g/mol. The molecule has 0 aliphatic heterocycles. The van der Waals surface area contributed by atoms with Gasteiger partial charge in [-0.05, 0) is 35.9 Å². The zero-order chi connectivity index (χ0) is 22.7. The molecular weight excluding hydrogens is 459 g/mol. The van der Waals surface area contributed by atoms with Crippen LogP contribution in [-0.4, -0.2) is 24.6 Å². The van der Waals surface area contributed by atoms with Gasteiger partial charge in [-0.1, -0.05) is 35.3 Å². The van der Waals surface area contributed by atoms with Crippen molar-refractivity contribution in [2.24, 2.45) is 5.84 Å². The minimum absolute atomic E-state index is 0.00981. The van der Waals surface area contributed by atoms with Gasteiger partial charge in [0, 0.05) is 30.4 Å². The molecule has 32 heavy (non-hydrogen) atoms. The van der Waals surface area contributed by atoms with Crippen molar-refractivity contribution in [1.29, 1.82) is 0 Å². The third-order valence-electron chi connectivity index (χ3n) is 4.47. The van der Waals surface area contributed by atoms with E-state index in [2.05, 4.69) is 25.6 Å². The summed E-state index contributed by atoms with van der Waals surface area (Å²) >= 11 is 11.3. The van der Waals surface area contributed by atoms with E-state index in [4.69, 9.17) is 29.0 Å². The highest BCUT2D eigenvalue weighted by Gasteiger charge is 2.11. The number of fused-ring (bicyclic) bond motifs is 2. The minimum atomic E-state index is -0.560. The lowest BCUT2D eigenvalue weighted by Crippen LogP contribution is -2.10. The summed E-state index contributed by atoms with van der Waals surface area (Å²) in [6, 6.07) is 12.3. The molecule has 0 spiro atoms. The van der Waals surface area contributed by atoms with Crippen molar-refractivity contribution in [3.05, 3.63) is 94.1 Å². The zero-order valence-electron chi connectivity index (χ0n) is 16.3. The molecule has 4 aromatic heterocycles. The summed E-state index contributed by atoms with van der Waals surface area (Å²) in [7, 11) is 0. The van der Waals surface area contributed by atoms with Crippen LogP contribution in [0.4, 0.5) is 14.6 Å². The largest absolute Gasteiger partial charge is 0.306 e. The van der Waals surface area contributed by atoms with Crippen molar-refractivity contribution >= 4 is 45.6 Å². The van der Waals surface area contributed by atoms with Gasteiger partial charge in [0.1, 0.15) is 5.82 Å². The lowest BCUT2D eigenvalue weighted by atomic mass is 10.1. The van der Waals surface area contributed by atoms with Crippen molar-refractivity contribution in [3.8, 4) is 0 Å². The van der Waals surface area contributed by atoms with Crippen molar-refractivity contribution < 1.29 is 8.78 Å². The first-order valence-corrected chi connectivity index (χ1v) is 10.00. The number of halogens is 4. The Kier molecular flexibility index (Phi) is 6.40. The molecule has 162 valence electrons. The van der Waals surface area contributed by atoms with E-state index in [1.807, 2.05) is 30.3 Å². The first-order valence-electron chi connectivity index (χ1n) is 9.24. The van der Waals surface area contributed by atoms with Gasteiger partial charge in [-0.3, -0.25) is 9.38 Å². The van der Waals surface area contributed by atoms with E-state index < -0.39 is 11.6 Å². The van der Waals surface area contributed by atoms with Crippen LogP contribution in [0, 0.1) is 11.6 Å². The molecule has 0 aliphatic rings. The molecule has 0 radical (unpaired) electrons. The number of nitrogen functional groups attached to an aromatic ring is 1. The molecule has 5 rings (SSSR count). The van der Waals surface area contributed by atoms with Gasteiger partial charge in [0.25, 0.3) is 0 Å². The van der Waals surface area contributed by atoms with E-state index in [9.17, 15) is 8.78 Å². The minimum Gasteiger partial charge on any atom is -0.306 e. The Labute approximate surface area is 190 Å². The van der Waals surface area contributed by atoms with Gasteiger partial charge >= 0.3 is 0 Å². The number of aromatic nitrogens is 5. The number of pyridine rings is 3. The molecule has 1 aromatic carbocycles. The predicted octanol–water partition coefficient (Wildman–Crippen LogP) is 4.82. The van der Waals surface area contributed by atoms with Crippen molar-refractivity contribution in [3.63, 3.8) is 0 Å². The van der Waals surface area contributed by atoms with Crippen LogP contribution in [0.25, 0.3) is 16.6 Å². The average Bonchev–Trinajstić information content (AvgIpc) is 3.17. The lowest BCUT2D eigenvalue weighted by molar-refractivity contribution is 0.625. The molecule has 0 saturated heterocycles. The molecule has 0 amide bonds. The van der Waals surface area contributed by atoms with Gasteiger partial charge in [0.2, 0.25) is 0 Å². The molecule has 0 aliphatic carbocycles. The first-order chi connectivity index (χ1) is 15.4. The highest BCUT2D eigenvalue weighted by atomic mass is 35.5. The van der Waals surface area contributed by atoms with Crippen LogP contribution >= 0.6 is 23.2 Å². The Balaban J connectivity index is 0.000000207. The molecule has 0 bridgehead atoms. The van der Waals surface area contributed by atoms with Crippen LogP contribution in [0.3, 0.4) is 0 Å². The summed E-state index contributed by atoms with van der Waals surface area (Å²) in [5.41, 5.74) is 4.25. The normalized spacial score (nSPS) is 10.8. The Bertz CT molecular complexity index is 1410. The number of benzene rings is 1. The summed E-state index contributed by atoms with van der Waals surface area (Å²) in [5, 5.41) is 9.57. The topological polar surface area (TPSA) is 94.0 Å². The fourth-order valence-corrected chi connectivity index (χ4v) is 3.37. The number of hydrogen-bond acceptors (Lipinski definition) is 6. The molecule has 7 nitrogen and oxygen atoms in total. The van der Waals surface area contributed by atoms with Crippen LogP contribution in [0.5, 0.6) is 0 Å². The quantitative estimate of drug-likeness (QED) is 0.288. The van der Waals surface area contributed by atoms with Crippen LogP contribution < -0.4 is 11.3 Å². The molecule has 11 heteroatoms. The zero-order valence-corrected chi connectivity index (χ0v) is 17.8. The number of nitrogens with zero attached hydrogens (tertiary/aromatic N) is 5. The molecule has 3 N–H and O–H groups in total. The maximum absolute atomic E-state index is 13.8. The maximum atomic E-state index is 13.8. The second kappa shape index (κ2) is 9.39. The van der Waals surface area contributed by atoms with Gasteiger partial charge in [0.05, 0.1) is 15.6 Å². The van der Waals surface area contributed by atoms with Crippen molar-refractivity contribution in [2.75, 3.05) is 5.43 Å². The second-order valence-corrected chi connectivity index (χ2v) is 7.52. The van der Waals surface area contributed by atoms with Crippen LogP contribution in [-0.2, 0) is 6.42 Å². The number of rotatable bonds is 3. The number of nitrogens with one attached hydrogen (secondary N) is 1. The summed E-state index contributed by atoms with van der Waals surface area (Å²) in [4.78, 5) is 7.85. The molecule has 0 saturated carbocycles. The number of hydrogen-bond donors (Lipinski definition) is 2. The molecule has 5 aromatic rings. The summed E-state index contributed by atoms with van der Waals surface area (Å²) in [5.74, 6) is 4.50. The fraction of sp³-hybridized carbons (Fsp3) is 0.0476. The van der Waals surface area contributed by atoms with Crippen molar-refractivity contribution in [2.45, 2.75) is 6.42 Å². The smallest absolute Gasteiger partial charge is 0.197 e. The molecule has 4 heterocycles. The van der Waals surface area contributed by atoms with E-state index in [0.29, 0.717) is 17.3 Å². The van der Waals surface area contributed by atoms with Gasteiger partial charge in [-0.25, -0.2) is 19.6 Å². The molecule has 0 unspecified atom stereocenters. The first kappa shape index (κ1) is 21.8. The van der Waals surface area contributed by atoms with Gasteiger partial charge < -0.3 is 5.43 Å². The van der Waals surface area contributed by atoms with Gasteiger partial charge in [-0.2, -0.15) is 0 Å². The second-order valence-electron chi connectivity index (χ2n) is 6.65. The van der Waals surface area contributed by atoms with E-state index in [-0.39, 0.29) is 16.5 Å². The number of nitrogens with two attached hydrogens (primary N) is 1. The lowest BCUT2D eigenvalue weighted by Gasteiger charge is -2.03. The Hall–Kier alpha value is -3.40.